The van der Waals surface area contributed by atoms with E-state index in [1.807, 2.05) is 178 Å². The third-order valence-corrected chi connectivity index (χ3v) is 27.6. The maximum atomic E-state index is 14.1. The number of hydrogen-bond donors (Lipinski definition) is 4. The SMILES string of the molecule is C=CC(=O)N1CCCC(n2nc(-c3ccc(CCC(=O)c4cccc(C)c4)cc3)c3c(N)ncnc32)C1.C=CC(=O)N1CCCC(n2nc(-c3ccc(CCC(=O)c4cccc(F)c4)cc3)c3c(N)ncnc32)C1.C=CC(=O)N1CCCC(n2nc(-c3ccc(CCC(=O)c4ccccc4C)cc3)c3c(N)ncnc32)C1.C=CC(=O)N1CCCC(n2nc(-c3ccc(CN(C)C(=O)c4ccccc4F)cc3)c3c(N)ncnc32)C1. The number of halogens is 2. The number of aryl methyl sites for hydroxylation is 5. The van der Waals surface area contributed by atoms with Gasteiger partial charge in [-0.15, -0.1) is 0 Å². The number of piperidine rings is 4. The number of fused-ring (bicyclic) bond motifs is 4. The van der Waals surface area contributed by atoms with E-state index in [9.17, 15) is 47.1 Å². The normalized spacial score (nSPS) is 15.6. The van der Waals surface area contributed by atoms with Crippen molar-refractivity contribution in [1.82, 2.24) is 103 Å². The zero-order valence-electron chi connectivity index (χ0n) is 83.2. The number of aromatic nitrogens is 16. The summed E-state index contributed by atoms with van der Waals surface area (Å²) in [6.07, 6.45) is 21.0. The van der Waals surface area contributed by atoms with Crippen LogP contribution in [0.25, 0.3) is 89.2 Å². The predicted molar refractivity (Wildman–Crippen MR) is 570 cm³/mol. The van der Waals surface area contributed by atoms with Crippen LogP contribution in [0.2, 0.25) is 0 Å². The van der Waals surface area contributed by atoms with Crippen molar-refractivity contribution >= 4 is 114 Å². The molecule has 4 atom stereocenters. The first kappa shape index (κ1) is 103. The molecule has 16 aromatic rings. The fourth-order valence-electron chi connectivity index (χ4n) is 19.7. The van der Waals surface area contributed by atoms with Gasteiger partial charge in [-0.05, 0) is 167 Å². The van der Waals surface area contributed by atoms with Crippen molar-refractivity contribution in [3.8, 4) is 45.0 Å². The number of ketones is 3. The maximum Gasteiger partial charge on any atom is 0.256 e. The summed E-state index contributed by atoms with van der Waals surface area (Å²) in [5.41, 5.74) is 41.9. The number of benzene rings is 8. The van der Waals surface area contributed by atoms with Crippen LogP contribution in [-0.4, -0.2) is 210 Å². The largest absolute Gasteiger partial charge is 0.383 e. The summed E-state index contributed by atoms with van der Waals surface area (Å²) in [6.45, 7) is 23.6. The Kier molecular flexibility index (Phi) is 32.1. The third-order valence-electron chi connectivity index (χ3n) is 27.6. The van der Waals surface area contributed by atoms with Crippen LogP contribution in [0, 0.1) is 25.5 Å². The average molecular weight is 2000 g/mol. The molecule has 8 N–H and O–H groups in total. The summed E-state index contributed by atoms with van der Waals surface area (Å²) >= 11 is 0. The molecule has 0 bridgehead atoms. The van der Waals surface area contributed by atoms with Gasteiger partial charge in [-0.2, -0.15) is 20.4 Å². The molecule has 20 rings (SSSR count). The minimum Gasteiger partial charge on any atom is -0.383 e. The van der Waals surface area contributed by atoms with Gasteiger partial charge in [-0.25, -0.2) is 67.4 Å². The molecule has 149 heavy (non-hydrogen) atoms. The van der Waals surface area contributed by atoms with E-state index in [0.717, 1.165) is 118 Å². The highest BCUT2D eigenvalue weighted by molar-refractivity contribution is 6.04. The summed E-state index contributed by atoms with van der Waals surface area (Å²) < 4.78 is 35.0. The van der Waals surface area contributed by atoms with E-state index in [2.05, 4.69) is 66.2 Å². The van der Waals surface area contributed by atoms with Gasteiger partial charge in [0.25, 0.3) is 5.91 Å². The highest BCUT2D eigenvalue weighted by Crippen LogP contribution is 2.41. The number of hydrogen-bond acceptors (Lipinski definition) is 24. The zero-order valence-corrected chi connectivity index (χ0v) is 83.2. The van der Waals surface area contributed by atoms with Crippen molar-refractivity contribution < 1.29 is 47.1 Å². The van der Waals surface area contributed by atoms with Gasteiger partial charge in [0.05, 0.1) is 51.3 Å². The number of carbonyl (C=O) groups is 8. The summed E-state index contributed by atoms with van der Waals surface area (Å²) in [5.74, 6) is -0.120. The number of Topliss-reactive ketones (excluding diaryl/α,β-unsaturated/α-hetero) is 3. The molecule has 4 saturated heterocycles. The lowest BCUT2D eigenvalue weighted by atomic mass is 9.98. The number of nitrogen functional groups attached to an aromatic ring is 4. The standard InChI is InChI=1S/2C29H30N6O2.C28H28FN7O2.C28H27FN6O2/c1-3-25(37)34-15-5-8-23(17-34)35-29-26(28(30)31-18-32-29)27(33-35)21-12-9-20(10-13-21)11-14-24(36)22-7-4-6-19(2)16-22;1-3-25(37)34-16-6-8-22(17-34)35-29-26(28(30)31-18-32-29)27(33-35)21-13-10-20(11-14-21)12-15-24(36)23-9-5-4-7-19(23)2;1-3-23(37)35-14-6-7-20(16-35)36-27-24(26(30)31-17-32-27)25(33-36)19-12-10-18(11-13-19)15-34(2)28(38)21-8-4-5-9-22(21)29;1-2-24(37)34-14-4-7-22(16-34)35-28-25(27(30)31-17-32-28)26(33-35)19-11-8-18(9-12-19)10-13-23(36)20-5-3-6-21(29)15-20/h3-4,6-7,9-10,12-13,16,18,23H,1,5,8,11,14-15,17H2,2H3,(H2,30,31,32);3-5,7,9-11,13-14,18,22H,1,6,8,12,15-17H2,2H3,(H2,30,31,32);3-5,8-13,17,20H,1,6-7,14-16H2,2H3,(H2,30,31,32);2-3,5-6,8-9,11-12,15,17,22H,1,4,7,10,13-14,16H2,(H2,30,31,32). The van der Waals surface area contributed by atoms with E-state index in [1.165, 1.54) is 78.8 Å². The van der Waals surface area contributed by atoms with Crippen molar-refractivity contribution in [2.45, 2.75) is 134 Å². The van der Waals surface area contributed by atoms with Crippen molar-refractivity contribution in [2.75, 3.05) is 82.3 Å². The second kappa shape index (κ2) is 46.6. The summed E-state index contributed by atoms with van der Waals surface area (Å²) in [7, 11) is 1.64. The van der Waals surface area contributed by atoms with Crippen molar-refractivity contribution in [3.63, 3.8) is 0 Å². The first-order valence-corrected chi connectivity index (χ1v) is 49.7. The summed E-state index contributed by atoms with van der Waals surface area (Å²) in [5, 5.41) is 22.4. The average Bonchev–Trinajstić information content (AvgIpc) is 1.62. The molecule has 4 unspecified atom stereocenters. The van der Waals surface area contributed by atoms with Gasteiger partial charge >= 0.3 is 0 Å². The van der Waals surface area contributed by atoms with Gasteiger partial charge in [-0.1, -0.05) is 196 Å². The topological polar surface area (TPSA) is 431 Å². The van der Waals surface area contributed by atoms with Crippen LogP contribution < -0.4 is 22.9 Å². The van der Waals surface area contributed by atoms with E-state index < -0.39 is 17.5 Å². The molecule has 0 spiro atoms. The minimum atomic E-state index is -0.545. The highest BCUT2D eigenvalue weighted by Gasteiger charge is 2.35. The molecule has 0 aliphatic carbocycles. The number of rotatable bonds is 27. The smallest absolute Gasteiger partial charge is 0.256 e. The first-order valence-electron chi connectivity index (χ1n) is 49.7. The molecule has 8 aromatic carbocycles. The zero-order chi connectivity index (χ0) is 105. The first-order chi connectivity index (χ1) is 72.2. The third kappa shape index (κ3) is 23.3. The molecular formula is C114H115F2N25O8. The van der Waals surface area contributed by atoms with E-state index in [1.54, 1.807) is 50.9 Å². The van der Waals surface area contributed by atoms with Crippen molar-refractivity contribution in [3.05, 3.63) is 337 Å². The quantitative estimate of drug-likeness (QED) is 0.0274. The Balaban J connectivity index is 0.000000135. The molecule has 4 fully saturated rings. The number of carbonyl (C=O) groups excluding carboxylic acids is 8. The Bertz CT molecular complexity index is 7530. The molecule has 12 heterocycles. The van der Waals surface area contributed by atoms with E-state index in [-0.39, 0.29) is 77.1 Å². The molecule has 35 heteroatoms. The monoisotopic (exact) mass is 2000 g/mol. The lowest BCUT2D eigenvalue weighted by Crippen LogP contribution is -2.40. The van der Waals surface area contributed by atoms with E-state index in [4.69, 9.17) is 43.3 Å². The van der Waals surface area contributed by atoms with Crippen LogP contribution in [0.3, 0.4) is 0 Å². The Morgan fingerprint density at radius 1 is 0.362 bits per heavy atom. The van der Waals surface area contributed by atoms with Gasteiger partial charge in [0, 0.05) is 124 Å². The fourth-order valence-corrected chi connectivity index (χ4v) is 19.7. The molecule has 5 amide bonds. The van der Waals surface area contributed by atoms with Crippen LogP contribution in [0.1, 0.15) is 170 Å². The Morgan fingerprint density at radius 2 is 0.671 bits per heavy atom. The molecule has 0 saturated carbocycles. The molecule has 0 radical (unpaired) electrons. The molecule has 33 nitrogen and oxygen atoms in total. The van der Waals surface area contributed by atoms with E-state index in [0.29, 0.717) is 187 Å². The molecule has 8 aromatic heterocycles. The van der Waals surface area contributed by atoms with Gasteiger partial charge in [0.15, 0.2) is 39.9 Å². The van der Waals surface area contributed by atoms with Gasteiger partial charge < -0.3 is 47.4 Å². The number of nitrogens with two attached hydrogens (primary N) is 4. The second-order valence-corrected chi connectivity index (χ2v) is 37.5. The Hall–Kier alpha value is -17.7. The maximum absolute atomic E-state index is 14.1. The second-order valence-electron chi connectivity index (χ2n) is 37.5. The van der Waals surface area contributed by atoms with Crippen LogP contribution in [0.15, 0.2) is 270 Å². The Morgan fingerprint density at radius 3 is 0.993 bits per heavy atom. The van der Waals surface area contributed by atoms with Crippen LogP contribution >= 0.6 is 0 Å². The van der Waals surface area contributed by atoms with Gasteiger partial charge in [0.1, 0.15) is 83.0 Å². The van der Waals surface area contributed by atoms with Crippen LogP contribution in [-0.2, 0) is 45.0 Å². The number of amides is 5. The molecule has 758 valence electrons. The molecule has 4 aliphatic heterocycles. The number of anilines is 4. The molecular weight excluding hydrogens is 1890 g/mol. The van der Waals surface area contributed by atoms with Crippen molar-refractivity contribution in [1.29, 1.82) is 0 Å². The highest BCUT2D eigenvalue weighted by atomic mass is 19.1. The van der Waals surface area contributed by atoms with Gasteiger partial charge in [-0.3, -0.25) is 38.4 Å². The lowest BCUT2D eigenvalue weighted by Gasteiger charge is -2.32. The number of likely N-dealkylation sites (tertiary alicyclic amines) is 4. The van der Waals surface area contributed by atoms with Gasteiger partial charge in [0.2, 0.25) is 23.6 Å². The predicted octanol–water partition coefficient (Wildman–Crippen LogP) is 17.3. The van der Waals surface area contributed by atoms with Crippen LogP contribution in [0.4, 0.5) is 32.1 Å². The minimum absolute atomic E-state index is 0.0184. The molecule has 4 aliphatic rings. The van der Waals surface area contributed by atoms with Crippen molar-refractivity contribution in [2.24, 2.45) is 0 Å². The summed E-state index contributed by atoms with van der Waals surface area (Å²) in [6, 6.07) is 58.4. The van der Waals surface area contributed by atoms with Crippen LogP contribution in [0.5, 0.6) is 0 Å². The number of nitrogens with zero attached hydrogens (tertiary/aromatic N) is 21. The Labute approximate surface area is 859 Å². The van der Waals surface area contributed by atoms with E-state index >= 15 is 0 Å². The fraction of sp³-hybridized carbons (Fsp3) is 0.263. The lowest BCUT2D eigenvalue weighted by molar-refractivity contribution is -0.128. The summed E-state index contributed by atoms with van der Waals surface area (Å²) in [4.78, 5) is 143.